The molecule has 1 heterocycles. The number of esters is 1. The fraction of sp³-hybridized carbons (Fsp3) is 0.467. The molecule has 1 aromatic rings. The van der Waals surface area contributed by atoms with E-state index in [1.54, 1.807) is 23.1 Å². The standard InChI is InChI=1S/C15H17Cl2NO3/c1-21-15(20)10-4-3-7-18(9-10)14(19)8-11-12(16)5-2-6-13(11)17/h2,5-6,10H,3-4,7-9H2,1H3. The van der Waals surface area contributed by atoms with E-state index in [1.807, 2.05) is 0 Å². The number of piperidine rings is 1. The summed E-state index contributed by atoms with van der Waals surface area (Å²) in [6.07, 6.45) is 1.69. The number of nitrogens with zero attached hydrogens (tertiary/aromatic N) is 1. The Morgan fingerprint density at radius 2 is 2.00 bits per heavy atom. The number of halogens is 2. The van der Waals surface area contributed by atoms with E-state index in [1.165, 1.54) is 7.11 Å². The highest BCUT2D eigenvalue weighted by Crippen LogP contribution is 2.26. The molecule has 0 radical (unpaired) electrons. The van der Waals surface area contributed by atoms with Gasteiger partial charge in [0.1, 0.15) is 0 Å². The SMILES string of the molecule is COC(=O)C1CCCN(C(=O)Cc2c(Cl)cccc2Cl)C1. The van der Waals surface area contributed by atoms with Crippen molar-refractivity contribution in [1.82, 2.24) is 4.90 Å². The maximum absolute atomic E-state index is 12.4. The van der Waals surface area contributed by atoms with Crippen molar-refractivity contribution in [3.05, 3.63) is 33.8 Å². The van der Waals surface area contributed by atoms with Crippen LogP contribution in [0.3, 0.4) is 0 Å². The van der Waals surface area contributed by atoms with E-state index in [-0.39, 0.29) is 24.2 Å². The van der Waals surface area contributed by atoms with Gasteiger partial charge in [0, 0.05) is 23.1 Å². The Morgan fingerprint density at radius 3 is 2.62 bits per heavy atom. The van der Waals surface area contributed by atoms with Gasteiger partial charge in [-0.05, 0) is 30.5 Å². The van der Waals surface area contributed by atoms with Crippen molar-refractivity contribution < 1.29 is 14.3 Å². The molecule has 0 aliphatic carbocycles. The Bertz CT molecular complexity index is 527. The Morgan fingerprint density at radius 1 is 1.33 bits per heavy atom. The van der Waals surface area contributed by atoms with Crippen LogP contribution in [0.15, 0.2) is 18.2 Å². The molecule has 0 spiro atoms. The van der Waals surface area contributed by atoms with Gasteiger partial charge >= 0.3 is 5.97 Å². The Hall–Kier alpha value is -1.26. The van der Waals surface area contributed by atoms with Crippen molar-refractivity contribution in [2.75, 3.05) is 20.2 Å². The average molecular weight is 330 g/mol. The van der Waals surface area contributed by atoms with Gasteiger partial charge < -0.3 is 9.64 Å². The Balaban J connectivity index is 2.05. The van der Waals surface area contributed by atoms with E-state index in [4.69, 9.17) is 27.9 Å². The zero-order chi connectivity index (χ0) is 15.4. The van der Waals surface area contributed by atoms with Crippen LogP contribution in [0.25, 0.3) is 0 Å². The molecule has 4 nitrogen and oxygen atoms in total. The molecule has 114 valence electrons. The fourth-order valence-electron chi connectivity index (χ4n) is 2.53. The molecule has 1 aliphatic rings. The lowest BCUT2D eigenvalue weighted by atomic mass is 9.97. The summed E-state index contributed by atoms with van der Waals surface area (Å²) >= 11 is 12.2. The Kier molecular flexibility index (Phi) is 5.48. The number of carbonyl (C=O) groups excluding carboxylic acids is 2. The number of likely N-dealkylation sites (tertiary alicyclic amines) is 1. The number of carbonyl (C=O) groups is 2. The predicted octanol–water partition coefficient (Wildman–Crippen LogP) is 2.95. The molecule has 0 aromatic heterocycles. The van der Waals surface area contributed by atoms with E-state index in [0.717, 1.165) is 12.8 Å². The summed E-state index contributed by atoms with van der Waals surface area (Å²) in [5, 5.41) is 0.967. The summed E-state index contributed by atoms with van der Waals surface area (Å²) in [7, 11) is 1.37. The molecular formula is C15H17Cl2NO3. The third-order valence-corrected chi connectivity index (χ3v) is 4.41. The number of hydrogen-bond donors (Lipinski definition) is 0. The predicted molar refractivity (Wildman–Crippen MR) is 81.5 cm³/mol. The topological polar surface area (TPSA) is 46.6 Å². The number of amides is 1. The minimum absolute atomic E-state index is 0.0707. The monoisotopic (exact) mass is 329 g/mol. The van der Waals surface area contributed by atoms with Gasteiger partial charge in [0.15, 0.2) is 0 Å². The van der Waals surface area contributed by atoms with Crippen LogP contribution in [0.4, 0.5) is 0 Å². The third kappa shape index (κ3) is 3.89. The number of ether oxygens (including phenoxy) is 1. The van der Waals surface area contributed by atoms with Gasteiger partial charge in [-0.1, -0.05) is 29.3 Å². The highest BCUT2D eigenvalue weighted by atomic mass is 35.5. The zero-order valence-corrected chi connectivity index (χ0v) is 13.3. The molecule has 1 aliphatic heterocycles. The lowest BCUT2D eigenvalue weighted by Gasteiger charge is -2.31. The number of methoxy groups -OCH3 is 1. The summed E-state index contributed by atoms with van der Waals surface area (Å²) in [4.78, 5) is 25.7. The molecule has 1 amide bonds. The second kappa shape index (κ2) is 7.14. The first-order chi connectivity index (χ1) is 10.0. The van der Waals surface area contributed by atoms with Gasteiger partial charge in [-0.15, -0.1) is 0 Å². The van der Waals surface area contributed by atoms with Crippen molar-refractivity contribution in [2.45, 2.75) is 19.3 Å². The summed E-state index contributed by atoms with van der Waals surface area (Å²) in [6.45, 7) is 1.04. The van der Waals surface area contributed by atoms with Crippen LogP contribution in [0, 0.1) is 5.92 Å². The molecule has 1 atom stereocenters. The molecule has 0 N–H and O–H groups in total. The molecule has 1 saturated heterocycles. The van der Waals surface area contributed by atoms with E-state index in [9.17, 15) is 9.59 Å². The number of rotatable bonds is 3. The average Bonchev–Trinajstić information content (AvgIpc) is 2.50. The molecule has 0 bridgehead atoms. The van der Waals surface area contributed by atoms with E-state index in [2.05, 4.69) is 0 Å². The van der Waals surface area contributed by atoms with Crippen molar-refractivity contribution in [3.63, 3.8) is 0 Å². The van der Waals surface area contributed by atoms with Crippen LogP contribution in [0.5, 0.6) is 0 Å². The van der Waals surface area contributed by atoms with Crippen LogP contribution < -0.4 is 0 Å². The second-order valence-corrected chi connectivity index (χ2v) is 5.89. The second-order valence-electron chi connectivity index (χ2n) is 5.08. The van der Waals surface area contributed by atoms with Crippen LogP contribution >= 0.6 is 23.2 Å². The lowest BCUT2D eigenvalue weighted by Crippen LogP contribution is -2.43. The molecule has 6 heteroatoms. The van der Waals surface area contributed by atoms with Gasteiger partial charge in [0.2, 0.25) is 5.91 Å². The first kappa shape index (κ1) is 16.1. The molecule has 1 aromatic carbocycles. The highest BCUT2D eigenvalue weighted by molar-refractivity contribution is 6.36. The summed E-state index contributed by atoms with van der Waals surface area (Å²) in [6, 6.07) is 5.17. The Labute approximate surface area is 134 Å². The molecule has 0 saturated carbocycles. The van der Waals surface area contributed by atoms with Gasteiger partial charge in [0.05, 0.1) is 19.4 Å². The minimum Gasteiger partial charge on any atom is -0.469 e. The smallest absolute Gasteiger partial charge is 0.310 e. The van der Waals surface area contributed by atoms with E-state index < -0.39 is 0 Å². The number of benzene rings is 1. The van der Waals surface area contributed by atoms with Crippen molar-refractivity contribution in [3.8, 4) is 0 Å². The summed E-state index contributed by atoms with van der Waals surface area (Å²) in [5.41, 5.74) is 0.631. The molecule has 1 unspecified atom stereocenters. The van der Waals surface area contributed by atoms with Gasteiger partial charge in [-0.2, -0.15) is 0 Å². The van der Waals surface area contributed by atoms with Crippen molar-refractivity contribution in [1.29, 1.82) is 0 Å². The van der Waals surface area contributed by atoms with E-state index >= 15 is 0 Å². The first-order valence-corrected chi connectivity index (χ1v) is 7.57. The van der Waals surface area contributed by atoms with Crippen LogP contribution in [-0.2, 0) is 20.7 Å². The largest absolute Gasteiger partial charge is 0.469 e. The maximum Gasteiger partial charge on any atom is 0.310 e. The fourth-order valence-corrected chi connectivity index (χ4v) is 3.06. The van der Waals surface area contributed by atoms with Crippen molar-refractivity contribution >= 4 is 35.1 Å². The van der Waals surface area contributed by atoms with Gasteiger partial charge in [0.25, 0.3) is 0 Å². The van der Waals surface area contributed by atoms with Gasteiger partial charge in [-0.3, -0.25) is 9.59 Å². The third-order valence-electron chi connectivity index (χ3n) is 3.70. The lowest BCUT2D eigenvalue weighted by molar-refractivity contribution is -0.148. The quantitative estimate of drug-likeness (QED) is 0.801. The van der Waals surface area contributed by atoms with Crippen LogP contribution in [-0.4, -0.2) is 37.0 Å². The summed E-state index contributed by atoms with van der Waals surface area (Å²) in [5.74, 6) is -0.573. The van der Waals surface area contributed by atoms with Crippen LogP contribution in [0.1, 0.15) is 18.4 Å². The maximum atomic E-state index is 12.4. The molecule has 2 rings (SSSR count). The molecule has 1 fully saturated rings. The zero-order valence-electron chi connectivity index (χ0n) is 11.8. The van der Waals surface area contributed by atoms with Gasteiger partial charge in [-0.25, -0.2) is 0 Å². The normalized spacial score (nSPS) is 18.4. The number of hydrogen-bond acceptors (Lipinski definition) is 3. The van der Waals surface area contributed by atoms with E-state index in [0.29, 0.717) is 28.7 Å². The summed E-state index contributed by atoms with van der Waals surface area (Å²) < 4.78 is 4.76. The first-order valence-electron chi connectivity index (χ1n) is 6.81. The molecule has 21 heavy (non-hydrogen) atoms. The van der Waals surface area contributed by atoms with Crippen molar-refractivity contribution in [2.24, 2.45) is 5.92 Å². The minimum atomic E-state index is -0.261. The highest BCUT2D eigenvalue weighted by Gasteiger charge is 2.29. The molecular weight excluding hydrogens is 313 g/mol. The van der Waals surface area contributed by atoms with Crippen LogP contribution in [0.2, 0.25) is 10.0 Å².